The standard InChI is InChI=1S/C34H36N2O3/c1-3-4-5-6-7-8-34(37)39-32-23-35-33(36-24-32)22-15-27-11-16-29(17-12-27)30-18-13-28(14-19-30)25-38-31-20-9-26(2)10-21-31/h3,9-14,16-21,23-24H,1,4-8,15,22,25H2,2H3. The SMILES string of the molecule is [CH2+][CH-]CCCCCC(=O)Oc1cnc(CCc2ccc(-c3ccc(COc4ccc(C)cc4)cc3)cc2)nc1. The minimum atomic E-state index is -0.240. The van der Waals surface area contributed by atoms with Crippen molar-refractivity contribution in [3.8, 4) is 22.6 Å². The summed E-state index contributed by atoms with van der Waals surface area (Å²) < 4.78 is 11.2. The van der Waals surface area contributed by atoms with Crippen molar-refractivity contribution < 1.29 is 14.3 Å². The van der Waals surface area contributed by atoms with E-state index in [1.165, 1.54) is 22.3 Å². The zero-order chi connectivity index (χ0) is 27.3. The molecule has 0 saturated carbocycles. The second-order valence-electron chi connectivity index (χ2n) is 9.69. The number of carbonyl (C=O) groups excluding carboxylic acids is 1. The molecule has 1 heterocycles. The van der Waals surface area contributed by atoms with Crippen LogP contribution in [0.4, 0.5) is 0 Å². The molecule has 0 unspecified atom stereocenters. The number of esters is 1. The Morgan fingerprint density at radius 3 is 2.05 bits per heavy atom. The molecule has 4 aromatic rings. The fourth-order valence-corrected chi connectivity index (χ4v) is 4.16. The van der Waals surface area contributed by atoms with Gasteiger partial charge in [0.1, 0.15) is 18.2 Å². The Morgan fingerprint density at radius 1 is 0.769 bits per heavy atom. The molecule has 5 nitrogen and oxygen atoms in total. The first kappa shape index (κ1) is 27.9. The van der Waals surface area contributed by atoms with Crippen LogP contribution < -0.4 is 9.47 Å². The van der Waals surface area contributed by atoms with Gasteiger partial charge in [-0.2, -0.15) is 0 Å². The summed E-state index contributed by atoms with van der Waals surface area (Å²) in [5.41, 5.74) is 5.92. The summed E-state index contributed by atoms with van der Waals surface area (Å²) in [5.74, 6) is 1.76. The first-order valence-corrected chi connectivity index (χ1v) is 13.6. The summed E-state index contributed by atoms with van der Waals surface area (Å²) in [7, 11) is 0. The topological polar surface area (TPSA) is 61.3 Å². The molecule has 0 saturated heterocycles. The average molecular weight is 521 g/mol. The molecule has 200 valence electrons. The fraction of sp³-hybridized carbons (Fsp3) is 0.265. The van der Waals surface area contributed by atoms with Gasteiger partial charge >= 0.3 is 5.97 Å². The van der Waals surface area contributed by atoms with E-state index < -0.39 is 0 Å². The molecule has 1 aromatic heterocycles. The summed E-state index contributed by atoms with van der Waals surface area (Å²) in [4.78, 5) is 20.7. The summed E-state index contributed by atoms with van der Waals surface area (Å²) in [6.45, 7) is 6.32. The predicted octanol–water partition coefficient (Wildman–Crippen LogP) is 7.71. The van der Waals surface area contributed by atoms with Gasteiger partial charge in [-0.1, -0.05) is 86.0 Å². The van der Waals surface area contributed by atoms with Crippen LogP contribution in [0.5, 0.6) is 11.5 Å². The minimum Gasteiger partial charge on any atom is -0.489 e. The Balaban J connectivity index is 1.20. The van der Waals surface area contributed by atoms with Crippen LogP contribution in [0.15, 0.2) is 85.2 Å². The van der Waals surface area contributed by atoms with Gasteiger partial charge in [0.15, 0.2) is 5.75 Å². The summed E-state index contributed by atoms with van der Waals surface area (Å²) >= 11 is 0. The quantitative estimate of drug-likeness (QED) is 0.0968. The lowest BCUT2D eigenvalue weighted by Gasteiger charge is -2.08. The number of benzene rings is 3. The highest BCUT2D eigenvalue weighted by molar-refractivity contribution is 5.72. The second-order valence-corrected chi connectivity index (χ2v) is 9.69. The number of aryl methyl sites for hydroxylation is 3. The monoisotopic (exact) mass is 520 g/mol. The lowest BCUT2D eigenvalue weighted by atomic mass is 10.0. The lowest BCUT2D eigenvalue weighted by molar-refractivity contribution is -0.134. The molecular formula is C34H36N2O3. The van der Waals surface area contributed by atoms with E-state index >= 15 is 0 Å². The largest absolute Gasteiger partial charge is 0.489 e. The molecule has 0 aliphatic carbocycles. The fourth-order valence-electron chi connectivity index (χ4n) is 4.16. The van der Waals surface area contributed by atoms with Crippen LogP contribution in [0.1, 0.15) is 54.6 Å². The molecule has 0 N–H and O–H groups in total. The van der Waals surface area contributed by atoms with Crippen molar-refractivity contribution in [3.05, 3.63) is 121 Å². The van der Waals surface area contributed by atoms with Gasteiger partial charge in [0.2, 0.25) is 0 Å². The predicted molar refractivity (Wildman–Crippen MR) is 155 cm³/mol. The molecule has 0 fully saturated rings. The van der Waals surface area contributed by atoms with Crippen molar-refractivity contribution in [1.82, 2.24) is 9.97 Å². The van der Waals surface area contributed by atoms with E-state index in [9.17, 15) is 4.79 Å². The Kier molecular flexibility index (Phi) is 10.5. The zero-order valence-corrected chi connectivity index (χ0v) is 22.6. The van der Waals surface area contributed by atoms with Crippen LogP contribution in [0.25, 0.3) is 11.1 Å². The molecular weight excluding hydrogens is 484 g/mol. The van der Waals surface area contributed by atoms with Crippen LogP contribution in [0, 0.1) is 20.3 Å². The van der Waals surface area contributed by atoms with Crippen molar-refractivity contribution in [2.75, 3.05) is 0 Å². The number of rotatable bonds is 14. The number of nitrogens with zero attached hydrogens (tertiary/aromatic N) is 2. The van der Waals surface area contributed by atoms with Crippen molar-refractivity contribution in [2.24, 2.45) is 0 Å². The van der Waals surface area contributed by atoms with Crippen LogP contribution in [-0.4, -0.2) is 15.9 Å². The third-order valence-corrected chi connectivity index (χ3v) is 6.51. The average Bonchev–Trinajstić information content (AvgIpc) is 2.97. The van der Waals surface area contributed by atoms with E-state index in [1.54, 1.807) is 12.4 Å². The van der Waals surface area contributed by atoms with Crippen LogP contribution in [0.2, 0.25) is 0 Å². The maximum Gasteiger partial charge on any atom is 0.311 e. The highest BCUT2D eigenvalue weighted by atomic mass is 16.5. The van der Waals surface area contributed by atoms with Gasteiger partial charge in [-0.25, -0.2) is 9.97 Å². The molecule has 0 aliphatic rings. The third-order valence-electron chi connectivity index (χ3n) is 6.51. The Labute approximate surface area is 232 Å². The van der Waals surface area contributed by atoms with Crippen LogP contribution in [0.3, 0.4) is 0 Å². The maximum absolute atomic E-state index is 12.0. The molecule has 0 atom stereocenters. The summed E-state index contributed by atoms with van der Waals surface area (Å²) in [5, 5.41) is 0. The van der Waals surface area contributed by atoms with E-state index in [0.717, 1.165) is 49.2 Å². The minimum absolute atomic E-state index is 0.240. The Morgan fingerprint density at radius 2 is 1.41 bits per heavy atom. The van der Waals surface area contributed by atoms with Gasteiger partial charge in [0, 0.05) is 12.8 Å². The van der Waals surface area contributed by atoms with E-state index in [-0.39, 0.29) is 5.97 Å². The molecule has 4 rings (SSSR count). The molecule has 5 heteroatoms. The van der Waals surface area contributed by atoms with Crippen molar-refractivity contribution in [1.29, 1.82) is 0 Å². The van der Waals surface area contributed by atoms with Gasteiger partial charge in [-0.15, -0.1) is 12.8 Å². The van der Waals surface area contributed by atoms with Crippen molar-refractivity contribution >= 4 is 5.97 Å². The van der Waals surface area contributed by atoms with E-state index in [1.807, 2.05) is 18.6 Å². The maximum atomic E-state index is 12.0. The van der Waals surface area contributed by atoms with Gasteiger partial charge in [0.25, 0.3) is 0 Å². The molecule has 0 radical (unpaired) electrons. The molecule has 0 spiro atoms. The smallest absolute Gasteiger partial charge is 0.311 e. The van der Waals surface area contributed by atoms with E-state index in [2.05, 4.69) is 84.5 Å². The van der Waals surface area contributed by atoms with Crippen molar-refractivity contribution in [2.45, 2.75) is 58.5 Å². The van der Waals surface area contributed by atoms with Gasteiger partial charge in [-0.05, 0) is 54.2 Å². The molecule has 0 bridgehead atoms. The number of unbranched alkanes of at least 4 members (excludes halogenated alkanes) is 4. The lowest BCUT2D eigenvalue weighted by Crippen LogP contribution is -2.08. The summed E-state index contributed by atoms with van der Waals surface area (Å²) in [6, 6.07) is 25.2. The van der Waals surface area contributed by atoms with Crippen LogP contribution in [-0.2, 0) is 24.2 Å². The second kappa shape index (κ2) is 14.7. The van der Waals surface area contributed by atoms with Crippen LogP contribution >= 0.6 is 0 Å². The Bertz CT molecular complexity index is 1280. The first-order chi connectivity index (χ1) is 19.1. The summed E-state index contributed by atoms with van der Waals surface area (Å²) in [6.07, 6.45) is 10.9. The number of aromatic nitrogens is 2. The number of carbonyl (C=O) groups is 1. The van der Waals surface area contributed by atoms with E-state index in [0.29, 0.717) is 25.2 Å². The van der Waals surface area contributed by atoms with Gasteiger partial charge < -0.3 is 9.47 Å². The Hall–Kier alpha value is -4.12. The van der Waals surface area contributed by atoms with Gasteiger partial charge in [-0.3, -0.25) is 4.79 Å². The molecule has 39 heavy (non-hydrogen) atoms. The normalized spacial score (nSPS) is 10.8. The number of hydrogen-bond acceptors (Lipinski definition) is 5. The zero-order valence-electron chi connectivity index (χ0n) is 22.6. The van der Waals surface area contributed by atoms with Gasteiger partial charge in [0.05, 0.1) is 12.4 Å². The molecule has 3 aromatic carbocycles. The van der Waals surface area contributed by atoms with Crippen molar-refractivity contribution in [3.63, 3.8) is 0 Å². The first-order valence-electron chi connectivity index (χ1n) is 13.6. The van der Waals surface area contributed by atoms with E-state index in [4.69, 9.17) is 9.47 Å². The highest BCUT2D eigenvalue weighted by Gasteiger charge is 2.07. The highest BCUT2D eigenvalue weighted by Crippen LogP contribution is 2.22. The number of hydrogen-bond donors (Lipinski definition) is 0. The third kappa shape index (κ3) is 9.29. The molecule has 0 amide bonds. The molecule has 0 aliphatic heterocycles. The number of ether oxygens (including phenoxy) is 2.